The third kappa shape index (κ3) is 6.20. The Morgan fingerprint density at radius 3 is 2.47 bits per heavy atom. The molecule has 3 aromatic carbocycles. The van der Waals surface area contributed by atoms with Gasteiger partial charge >= 0.3 is 0 Å². The van der Waals surface area contributed by atoms with Gasteiger partial charge in [-0.2, -0.15) is 0 Å². The fraction of sp³-hybridized carbons (Fsp3) is 0.115. The van der Waals surface area contributed by atoms with E-state index in [4.69, 9.17) is 32.7 Å². The minimum absolute atomic E-state index is 0.162. The number of anilines is 1. The molecule has 3 amide bonds. The third-order valence-corrected chi connectivity index (χ3v) is 6.52. The Kier molecular flexibility index (Phi) is 8.20. The number of hydrogen-bond acceptors (Lipinski definition) is 6. The molecule has 0 saturated carbocycles. The first-order valence-electron chi connectivity index (χ1n) is 10.7. The predicted molar refractivity (Wildman–Crippen MR) is 142 cm³/mol. The fourth-order valence-corrected chi connectivity index (χ4v) is 4.60. The maximum Gasteiger partial charge on any atom is 0.294 e. The van der Waals surface area contributed by atoms with Crippen LogP contribution in [0.1, 0.15) is 11.1 Å². The van der Waals surface area contributed by atoms with Gasteiger partial charge in [-0.1, -0.05) is 53.5 Å². The number of rotatable bonds is 8. The van der Waals surface area contributed by atoms with Crippen molar-refractivity contribution >= 4 is 63.8 Å². The molecule has 10 heteroatoms. The number of thioether (sulfide) groups is 1. The smallest absolute Gasteiger partial charge is 0.294 e. The van der Waals surface area contributed by atoms with Crippen molar-refractivity contribution in [1.82, 2.24) is 4.90 Å². The second-order valence-electron chi connectivity index (χ2n) is 7.63. The summed E-state index contributed by atoms with van der Waals surface area (Å²) < 4.78 is 11.3. The molecule has 0 unspecified atom stereocenters. The van der Waals surface area contributed by atoms with Gasteiger partial charge in [0, 0.05) is 10.7 Å². The highest BCUT2D eigenvalue weighted by atomic mass is 35.5. The van der Waals surface area contributed by atoms with Gasteiger partial charge in [0.25, 0.3) is 11.1 Å². The monoisotopic (exact) mass is 542 g/mol. The van der Waals surface area contributed by atoms with E-state index in [1.165, 1.54) is 13.2 Å². The molecule has 0 spiro atoms. The molecule has 1 N–H and O–H groups in total. The molecule has 1 fully saturated rings. The first kappa shape index (κ1) is 25.6. The third-order valence-electron chi connectivity index (χ3n) is 5.08. The van der Waals surface area contributed by atoms with E-state index in [9.17, 15) is 14.4 Å². The Morgan fingerprint density at radius 2 is 1.78 bits per heavy atom. The van der Waals surface area contributed by atoms with Crippen molar-refractivity contribution in [3.05, 3.63) is 92.8 Å². The van der Waals surface area contributed by atoms with Crippen LogP contribution in [0.4, 0.5) is 10.5 Å². The van der Waals surface area contributed by atoms with E-state index in [0.29, 0.717) is 34.4 Å². The summed E-state index contributed by atoms with van der Waals surface area (Å²) in [6, 6.07) is 19.4. The molecule has 7 nitrogen and oxygen atoms in total. The molecule has 4 rings (SSSR count). The molecule has 0 aliphatic carbocycles. The molecule has 0 atom stereocenters. The van der Waals surface area contributed by atoms with Gasteiger partial charge in [-0.15, -0.1) is 0 Å². The Bertz CT molecular complexity index is 1330. The lowest BCUT2D eigenvalue weighted by atomic mass is 10.1. The van der Waals surface area contributed by atoms with Crippen molar-refractivity contribution in [1.29, 1.82) is 0 Å². The lowest BCUT2D eigenvalue weighted by Gasteiger charge is -2.14. The number of imide groups is 1. The number of nitrogens with zero attached hydrogens (tertiary/aromatic N) is 1. The maximum atomic E-state index is 12.8. The average Bonchev–Trinajstić information content (AvgIpc) is 3.12. The summed E-state index contributed by atoms with van der Waals surface area (Å²) in [7, 11) is 1.48. The molecular formula is C26H20Cl2N2O5S. The van der Waals surface area contributed by atoms with E-state index in [1.54, 1.807) is 36.4 Å². The van der Waals surface area contributed by atoms with Crippen LogP contribution in [0.3, 0.4) is 0 Å². The largest absolute Gasteiger partial charge is 0.493 e. The Labute approximate surface area is 222 Å². The molecule has 0 aromatic heterocycles. The van der Waals surface area contributed by atoms with Gasteiger partial charge in [0.1, 0.15) is 13.2 Å². The van der Waals surface area contributed by atoms with Crippen molar-refractivity contribution in [2.45, 2.75) is 6.61 Å². The van der Waals surface area contributed by atoms with E-state index in [2.05, 4.69) is 5.32 Å². The zero-order valence-corrected chi connectivity index (χ0v) is 21.3. The minimum atomic E-state index is -0.573. The zero-order chi connectivity index (χ0) is 25.7. The standard InChI is InChI=1S/C26H20Cl2N2O5S/c1-34-21-12-17(11-20(28)24(21)35-15-16-5-3-2-4-6-16)13-22-25(32)30(26(33)36-22)14-23(31)29-19-9-7-18(27)8-10-19/h2-13H,14-15H2,1H3,(H,29,31)/b22-13-. The summed E-state index contributed by atoms with van der Waals surface area (Å²) in [5, 5.41) is 2.91. The number of carbonyl (C=O) groups excluding carboxylic acids is 3. The van der Waals surface area contributed by atoms with Crippen LogP contribution in [0.2, 0.25) is 10.0 Å². The zero-order valence-electron chi connectivity index (χ0n) is 19.0. The first-order chi connectivity index (χ1) is 17.3. The van der Waals surface area contributed by atoms with E-state index in [0.717, 1.165) is 22.2 Å². The Balaban J connectivity index is 1.46. The van der Waals surface area contributed by atoms with E-state index in [1.807, 2.05) is 30.3 Å². The van der Waals surface area contributed by atoms with Gasteiger partial charge < -0.3 is 14.8 Å². The van der Waals surface area contributed by atoms with Gasteiger partial charge in [0.15, 0.2) is 11.5 Å². The van der Waals surface area contributed by atoms with Gasteiger partial charge in [0.2, 0.25) is 5.91 Å². The van der Waals surface area contributed by atoms with Crippen LogP contribution in [0, 0.1) is 0 Å². The van der Waals surface area contributed by atoms with Crippen LogP contribution in [0.15, 0.2) is 71.6 Å². The molecule has 1 aliphatic rings. The Morgan fingerprint density at radius 1 is 1.06 bits per heavy atom. The number of halogens is 2. The lowest BCUT2D eigenvalue weighted by molar-refractivity contribution is -0.127. The number of benzene rings is 3. The normalized spacial score (nSPS) is 14.3. The quantitative estimate of drug-likeness (QED) is 0.338. The van der Waals surface area contributed by atoms with Crippen LogP contribution in [-0.2, 0) is 16.2 Å². The maximum absolute atomic E-state index is 12.8. The van der Waals surface area contributed by atoms with Crippen LogP contribution in [-0.4, -0.2) is 35.6 Å². The van der Waals surface area contributed by atoms with Crippen molar-refractivity contribution < 1.29 is 23.9 Å². The van der Waals surface area contributed by atoms with Gasteiger partial charge in [-0.25, -0.2) is 0 Å². The van der Waals surface area contributed by atoms with Crippen LogP contribution in [0.5, 0.6) is 11.5 Å². The number of hydrogen-bond donors (Lipinski definition) is 1. The SMILES string of the molecule is COc1cc(/C=C2\SC(=O)N(CC(=O)Nc3ccc(Cl)cc3)C2=O)cc(Cl)c1OCc1ccccc1. The van der Waals surface area contributed by atoms with E-state index in [-0.39, 0.29) is 9.93 Å². The number of methoxy groups -OCH3 is 1. The highest BCUT2D eigenvalue weighted by molar-refractivity contribution is 8.18. The van der Waals surface area contributed by atoms with E-state index < -0.39 is 23.6 Å². The van der Waals surface area contributed by atoms with Gasteiger partial charge in [0.05, 0.1) is 17.0 Å². The molecule has 184 valence electrons. The topological polar surface area (TPSA) is 84.9 Å². The molecule has 1 saturated heterocycles. The molecule has 0 bridgehead atoms. The second kappa shape index (κ2) is 11.5. The summed E-state index contributed by atoms with van der Waals surface area (Å²) in [5.74, 6) is -0.334. The highest BCUT2D eigenvalue weighted by Crippen LogP contribution is 2.39. The van der Waals surface area contributed by atoms with Crippen molar-refractivity contribution in [3.63, 3.8) is 0 Å². The second-order valence-corrected chi connectivity index (χ2v) is 9.47. The van der Waals surface area contributed by atoms with Crippen LogP contribution < -0.4 is 14.8 Å². The van der Waals surface area contributed by atoms with E-state index >= 15 is 0 Å². The summed E-state index contributed by atoms with van der Waals surface area (Å²) >= 11 is 13.0. The van der Waals surface area contributed by atoms with Gasteiger partial charge in [-0.05, 0) is 65.4 Å². The summed E-state index contributed by atoms with van der Waals surface area (Å²) in [6.07, 6.45) is 1.53. The van der Waals surface area contributed by atoms with Crippen molar-refractivity contribution in [3.8, 4) is 11.5 Å². The molecule has 0 radical (unpaired) electrons. The van der Waals surface area contributed by atoms with Gasteiger partial charge in [-0.3, -0.25) is 19.3 Å². The number of nitrogens with one attached hydrogen (secondary N) is 1. The fourth-order valence-electron chi connectivity index (χ4n) is 3.36. The van der Waals surface area contributed by atoms with Crippen LogP contribution >= 0.6 is 35.0 Å². The number of ether oxygens (including phenoxy) is 2. The predicted octanol–water partition coefficient (Wildman–Crippen LogP) is 6.26. The highest BCUT2D eigenvalue weighted by Gasteiger charge is 2.36. The molecule has 3 aromatic rings. The Hall–Kier alpha value is -3.46. The summed E-state index contributed by atoms with van der Waals surface area (Å²) in [5.41, 5.74) is 2.01. The molecule has 36 heavy (non-hydrogen) atoms. The number of carbonyl (C=O) groups is 3. The van der Waals surface area contributed by atoms with Crippen molar-refractivity contribution in [2.75, 3.05) is 19.0 Å². The molecular weight excluding hydrogens is 523 g/mol. The van der Waals surface area contributed by atoms with Crippen LogP contribution in [0.25, 0.3) is 6.08 Å². The first-order valence-corrected chi connectivity index (χ1v) is 12.3. The minimum Gasteiger partial charge on any atom is -0.493 e. The summed E-state index contributed by atoms with van der Waals surface area (Å²) in [6.45, 7) is -0.117. The average molecular weight is 543 g/mol. The number of amides is 3. The summed E-state index contributed by atoms with van der Waals surface area (Å²) in [4.78, 5) is 38.7. The molecule has 1 heterocycles. The van der Waals surface area contributed by atoms with Crippen molar-refractivity contribution in [2.24, 2.45) is 0 Å². The molecule has 1 aliphatic heterocycles. The lowest BCUT2D eigenvalue weighted by Crippen LogP contribution is -2.36.